The molecule has 7 heteroatoms. The Balaban J connectivity index is 1.74. The molecule has 0 saturated carbocycles. The monoisotopic (exact) mass is 416 g/mol. The van der Waals surface area contributed by atoms with Crippen molar-refractivity contribution in [1.29, 1.82) is 0 Å². The van der Waals surface area contributed by atoms with Gasteiger partial charge in [0.05, 0.1) is 9.95 Å². The molecule has 0 aliphatic carbocycles. The zero-order valence-corrected chi connectivity index (χ0v) is 16.6. The first-order chi connectivity index (χ1) is 13.4. The Morgan fingerprint density at radius 3 is 2.36 bits per heavy atom. The Morgan fingerprint density at radius 2 is 1.71 bits per heavy atom. The summed E-state index contributed by atoms with van der Waals surface area (Å²) in [6.07, 6.45) is 0. The van der Waals surface area contributed by atoms with Crippen LogP contribution < -0.4 is 10.1 Å². The Labute approximate surface area is 173 Å². The maximum Gasteiger partial charge on any atom is 0.269 e. The summed E-state index contributed by atoms with van der Waals surface area (Å²) < 4.78 is 5.92. The number of anilines is 1. The Bertz CT molecular complexity index is 974. The SMILES string of the molecule is Cc1ccc(NCc2cc(Cl)cc(Cl)c2OCc2ccc([N+](=O)[O-])cc2)cc1. The molecule has 1 N–H and O–H groups in total. The number of non-ortho nitro benzene ring substituents is 1. The van der Waals surface area contributed by atoms with Crippen molar-refractivity contribution in [2.45, 2.75) is 20.1 Å². The van der Waals surface area contributed by atoms with Crippen LogP contribution in [-0.2, 0) is 13.2 Å². The highest BCUT2D eigenvalue weighted by molar-refractivity contribution is 6.35. The van der Waals surface area contributed by atoms with Crippen LogP contribution in [0.3, 0.4) is 0 Å². The van der Waals surface area contributed by atoms with Crippen molar-refractivity contribution in [2.75, 3.05) is 5.32 Å². The Hall–Kier alpha value is -2.76. The Morgan fingerprint density at radius 1 is 1.04 bits per heavy atom. The maximum absolute atomic E-state index is 10.8. The maximum atomic E-state index is 10.8. The van der Waals surface area contributed by atoms with Crippen LogP contribution in [-0.4, -0.2) is 4.92 Å². The van der Waals surface area contributed by atoms with Gasteiger partial charge in [-0.25, -0.2) is 0 Å². The fourth-order valence-corrected chi connectivity index (χ4v) is 3.23. The summed E-state index contributed by atoms with van der Waals surface area (Å²) in [6, 6.07) is 17.7. The van der Waals surface area contributed by atoms with E-state index >= 15 is 0 Å². The molecule has 0 aromatic heterocycles. The van der Waals surface area contributed by atoms with Crippen LogP contribution in [0.4, 0.5) is 11.4 Å². The van der Waals surface area contributed by atoms with Crippen LogP contribution >= 0.6 is 23.2 Å². The zero-order chi connectivity index (χ0) is 20.1. The number of nitrogens with zero attached hydrogens (tertiary/aromatic N) is 1. The molecule has 0 aliphatic rings. The van der Waals surface area contributed by atoms with Gasteiger partial charge >= 0.3 is 0 Å². The van der Waals surface area contributed by atoms with E-state index in [4.69, 9.17) is 27.9 Å². The predicted octanol–water partition coefficient (Wildman–Crippen LogP) is 6.40. The highest BCUT2D eigenvalue weighted by Gasteiger charge is 2.12. The van der Waals surface area contributed by atoms with Crippen LogP contribution in [0.1, 0.15) is 16.7 Å². The molecule has 28 heavy (non-hydrogen) atoms. The van der Waals surface area contributed by atoms with Crippen molar-refractivity contribution in [3.05, 3.63) is 97.5 Å². The average Bonchev–Trinajstić information content (AvgIpc) is 2.67. The van der Waals surface area contributed by atoms with Gasteiger partial charge in [-0.05, 0) is 48.9 Å². The minimum Gasteiger partial charge on any atom is -0.487 e. The van der Waals surface area contributed by atoms with Crippen LogP contribution in [0.15, 0.2) is 60.7 Å². The van der Waals surface area contributed by atoms with Gasteiger partial charge in [-0.3, -0.25) is 10.1 Å². The second kappa shape index (κ2) is 8.95. The highest BCUT2D eigenvalue weighted by Crippen LogP contribution is 2.33. The fourth-order valence-electron chi connectivity index (χ4n) is 2.64. The first-order valence-corrected chi connectivity index (χ1v) is 9.32. The number of halogens is 2. The van der Waals surface area contributed by atoms with E-state index in [-0.39, 0.29) is 12.3 Å². The van der Waals surface area contributed by atoms with Crippen molar-refractivity contribution < 1.29 is 9.66 Å². The molecule has 0 bridgehead atoms. The van der Waals surface area contributed by atoms with E-state index < -0.39 is 4.92 Å². The number of rotatable bonds is 7. The van der Waals surface area contributed by atoms with Gasteiger partial charge in [0.15, 0.2) is 0 Å². The second-order valence-electron chi connectivity index (χ2n) is 6.31. The molecule has 0 unspecified atom stereocenters. The van der Waals surface area contributed by atoms with Gasteiger partial charge in [-0.15, -0.1) is 0 Å². The lowest BCUT2D eigenvalue weighted by atomic mass is 10.1. The van der Waals surface area contributed by atoms with E-state index in [1.807, 2.05) is 31.2 Å². The van der Waals surface area contributed by atoms with Crippen LogP contribution in [0.2, 0.25) is 10.0 Å². The number of benzene rings is 3. The summed E-state index contributed by atoms with van der Waals surface area (Å²) in [7, 11) is 0. The molecule has 0 heterocycles. The zero-order valence-electron chi connectivity index (χ0n) is 15.1. The van der Waals surface area contributed by atoms with Crippen molar-refractivity contribution in [1.82, 2.24) is 0 Å². The quantitative estimate of drug-likeness (QED) is 0.357. The molecule has 0 aliphatic heterocycles. The standard InChI is InChI=1S/C21H18Cl2N2O3/c1-14-2-6-18(7-3-14)24-12-16-10-17(22)11-20(23)21(16)28-13-15-4-8-19(9-5-15)25(26)27/h2-11,24H,12-13H2,1H3. The first-order valence-electron chi connectivity index (χ1n) is 8.57. The van der Waals surface area contributed by atoms with Crippen molar-refractivity contribution in [3.63, 3.8) is 0 Å². The highest BCUT2D eigenvalue weighted by atomic mass is 35.5. The molecule has 0 radical (unpaired) electrons. The third-order valence-corrected chi connectivity index (χ3v) is 4.65. The van der Waals surface area contributed by atoms with Crippen molar-refractivity contribution in [2.24, 2.45) is 0 Å². The van der Waals surface area contributed by atoms with E-state index in [0.29, 0.717) is 22.3 Å². The molecule has 0 fully saturated rings. The summed E-state index contributed by atoms with van der Waals surface area (Å²) in [5, 5.41) is 15.0. The van der Waals surface area contributed by atoms with E-state index in [1.165, 1.54) is 17.7 Å². The molecule has 0 spiro atoms. The molecule has 144 valence electrons. The summed E-state index contributed by atoms with van der Waals surface area (Å²) >= 11 is 12.5. The lowest BCUT2D eigenvalue weighted by Crippen LogP contribution is -2.04. The molecule has 5 nitrogen and oxygen atoms in total. The molecular weight excluding hydrogens is 399 g/mol. The summed E-state index contributed by atoms with van der Waals surface area (Å²) in [6.45, 7) is 2.75. The third kappa shape index (κ3) is 5.15. The number of ether oxygens (including phenoxy) is 1. The van der Waals surface area contributed by atoms with Gasteiger partial charge in [0.1, 0.15) is 12.4 Å². The summed E-state index contributed by atoms with van der Waals surface area (Å²) in [4.78, 5) is 10.3. The normalized spacial score (nSPS) is 10.5. The number of nitro groups is 1. The average molecular weight is 417 g/mol. The number of hydrogen-bond acceptors (Lipinski definition) is 4. The third-order valence-electron chi connectivity index (χ3n) is 4.15. The van der Waals surface area contributed by atoms with Gasteiger partial charge < -0.3 is 10.1 Å². The topological polar surface area (TPSA) is 64.4 Å². The number of aryl methyl sites for hydroxylation is 1. The largest absolute Gasteiger partial charge is 0.487 e. The van der Waals surface area contributed by atoms with Gasteiger partial charge in [0.25, 0.3) is 5.69 Å². The van der Waals surface area contributed by atoms with Gasteiger partial charge in [-0.2, -0.15) is 0 Å². The van der Waals surface area contributed by atoms with Crippen LogP contribution in [0.25, 0.3) is 0 Å². The van der Waals surface area contributed by atoms with Crippen LogP contribution in [0, 0.1) is 17.0 Å². The second-order valence-corrected chi connectivity index (χ2v) is 7.15. The van der Waals surface area contributed by atoms with Gasteiger partial charge in [-0.1, -0.05) is 40.9 Å². The molecule has 0 atom stereocenters. The van der Waals surface area contributed by atoms with E-state index in [1.54, 1.807) is 24.3 Å². The van der Waals surface area contributed by atoms with Gasteiger partial charge in [0, 0.05) is 35.0 Å². The summed E-state index contributed by atoms with van der Waals surface area (Å²) in [5.41, 5.74) is 3.82. The summed E-state index contributed by atoms with van der Waals surface area (Å²) in [5.74, 6) is 0.532. The lowest BCUT2D eigenvalue weighted by Gasteiger charge is -2.15. The first kappa shape index (κ1) is 20.0. The van der Waals surface area contributed by atoms with Gasteiger partial charge in [0.2, 0.25) is 0 Å². The van der Waals surface area contributed by atoms with E-state index in [9.17, 15) is 10.1 Å². The number of hydrogen-bond donors (Lipinski definition) is 1. The molecule has 3 aromatic rings. The number of nitrogens with one attached hydrogen (secondary N) is 1. The minimum atomic E-state index is -0.435. The molecule has 0 amide bonds. The molecule has 3 rings (SSSR count). The smallest absolute Gasteiger partial charge is 0.269 e. The molecule has 0 saturated heterocycles. The van der Waals surface area contributed by atoms with Crippen LogP contribution in [0.5, 0.6) is 5.75 Å². The van der Waals surface area contributed by atoms with Crippen molar-refractivity contribution >= 4 is 34.6 Å². The van der Waals surface area contributed by atoms with E-state index in [0.717, 1.165) is 16.8 Å². The Kier molecular flexibility index (Phi) is 6.39. The molecule has 3 aromatic carbocycles. The van der Waals surface area contributed by atoms with E-state index in [2.05, 4.69) is 5.32 Å². The van der Waals surface area contributed by atoms with Crippen molar-refractivity contribution in [3.8, 4) is 5.75 Å². The fraction of sp³-hybridized carbons (Fsp3) is 0.143. The predicted molar refractivity (Wildman–Crippen MR) is 112 cm³/mol. The molecular formula is C21H18Cl2N2O3. The minimum absolute atomic E-state index is 0.0382. The lowest BCUT2D eigenvalue weighted by molar-refractivity contribution is -0.384. The number of nitro benzene ring substituents is 1.